The van der Waals surface area contributed by atoms with Crippen LogP contribution in [0.5, 0.6) is 0 Å². The fourth-order valence-electron chi connectivity index (χ4n) is 4.11. The zero-order valence-electron chi connectivity index (χ0n) is 23.3. The van der Waals surface area contributed by atoms with Gasteiger partial charge in [0.15, 0.2) is 0 Å². The van der Waals surface area contributed by atoms with Gasteiger partial charge in [0.25, 0.3) is 0 Å². The summed E-state index contributed by atoms with van der Waals surface area (Å²) in [5.41, 5.74) is 7.44. The van der Waals surface area contributed by atoms with Crippen molar-refractivity contribution in [3.05, 3.63) is 71.3 Å². The summed E-state index contributed by atoms with van der Waals surface area (Å²) in [5, 5.41) is 5.41. The number of nitrogens with two attached hydrogens (primary N) is 1. The second kappa shape index (κ2) is 13.6. The van der Waals surface area contributed by atoms with Crippen molar-refractivity contribution >= 4 is 29.8 Å². The number of amidine groups is 1. The number of benzene rings is 2. The molecule has 0 unspecified atom stereocenters. The standard InChI is InChI=1S/C29H37N5O6/c1-19(32-28(38)40-29(2,3)4)26(36)34-16-8-11-23(34)25(35)31-17-20-12-14-22(15-13-20)24(30)33-27(37)39-18-21-9-6-5-7-10-21/h5-7,9-10,12-15,19,23H,8,11,16-18H2,1-4H3,(H,31,35)(H,32,38)(H2,30,33,37)/t19-,23+/m1/s1. The minimum atomic E-state index is -0.835. The molecule has 40 heavy (non-hydrogen) atoms. The highest BCUT2D eigenvalue weighted by molar-refractivity contribution is 6.02. The summed E-state index contributed by atoms with van der Waals surface area (Å²) >= 11 is 0. The van der Waals surface area contributed by atoms with Crippen molar-refractivity contribution in [3.8, 4) is 0 Å². The van der Waals surface area contributed by atoms with Gasteiger partial charge in [-0.15, -0.1) is 0 Å². The number of carbonyl (C=O) groups excluding carboxylic acids is 4. The third-order valence-corrected chi connectivity index (χ3v) is 6.08. The first kappa shape index (κ1) is 30.1. The van der Waals surface area contributed by atoms with E-state index in [-0.39, 0.29) is 30.8 Å². The van der Waals surface area contributed by atoms with Crippen LogP contribution in [0, 0.1) is 0 Å². The van der Waals surface area contributed by atoms with Gasteiger partial charge < -0.3 is 30.7 Å². The number of alkyl carbamates (subject to hydrolysis) is 1. The number of nitrogens with zero attached hydrogens (tertiary/aromatic N) is 2. The van der Waals surface area contributed by atoms with E-state index < -0.39 is 29.9 Å². The molecule has 2 aromatic rings. The number of amides is 4. The van der Waals surface area contributed by atoms with Crippen molar-refractivity contribution in [3.63, 3.8) is 0 Å². The van der Waals surface area contributed by atoms with Crippen molar-refractivity contribution in [1.82, 2.24) is 15.5 Å². The molecule has 0 aliphatic carbocycles. The van der Waals surface area contributed by atoms with Crippen LogP contribution in [0.15, 0.2) is 59.6 Å². The second-order valence-corrected chi connectivity index (χ2v) is 10.5. The van der Waals surface area contributed by atoms with Crippen molar-refractivity contribution < 1.29 is 28.7 Å². The number of nitrogens with one attached hydrogen (secondary N) is 2. The fraction of sp³-hybridized carbons (Fsp3) is 0.414. The van der Waals surface area contributed by atoms with Gasteiger partial charge in [0.1, 0.15) is 30.1 Å². The van der Waals surface area contributed by atoms with E-state index in [0.717, 1.165) is 11.1 Å². The van der Waals surface area contributed by atoms with Crippen LogP contribution in [0.4, 0.5) is 9.59 Å². The van der Waals surface area contributed by atoms with E-state index in [2.05, 4.69) is 15.6 Å². The van der Waals surface area contributed by atoms with Gasteiger partial charge >= 0.3 is 12.2 Å². The number of rotatable bonds is 8. The molecule has 0 radical (unpaired) electrons. The Labute approximate surface area is 234 Å². The number of likely N-dealkylation sites (tertiary alicyclic amines) is 1. The average Bonchev–Trinajstić information content (AvgIpc) is 3.40. The van der Waals surface area contributed by atoms with Gasteiger partial charge in [-0.25, -0.2) is 9.59 Å². The summed E-state index contributed by atoms with van der Waals surface area (Å²) in [7, 11) is 0. The van der Waals surface area contributed by atoms with E-state index in [1.54, 1.807) is 52.0 Å². The van der Waals surface area contributed by atoms with E-state index in [1.807, 2.05) is 30.3 Å². The lowest BCUT2D eigenvalue weighted by Crippen LogP contribution is -2.52. The third-order valence-electron chi connectivity index (χ3n) is 6.08. The molecule has 0 aromatic heterocycles. The van der Waals surface area contributed by atoms with Crippen LogP contribution in [0.3, 0.4) is 0 Å². The molecule has 0 saturated carbocycles. The zero-order valence-corrected chi connectivity index (χ0v) is 23.3. The molecule has 214 valence electrons. The summed E-state index contributed by atoms with van der Waals surface area (Å²) in [4.78, 5) is 55.2. The first-order chi connectivity index (χ1) is 18.9. The summed E-state index contributed by atoms with van der Waals surface area (Å²) in [6.07, 6.45) is -0.261. The highest BCUT2D eigenvalue weighted by Crippen LogP contribution is 2.19. The molecule has 2 atom stereocenters. The van der Waals surface area contributed by atoms with Crippen molar-refractivity contribution in [1.29, 1.82) is 0 Å². The number of hydrogen-bond donors (Lipinski definition) is 3. The number of carbonyl (C=O) groups is 4. The smallest absolute Gasteiger partial charge is 0.435 e. The van der Waals surface area contributed by atoms with E-state index in [0.29, 0.717) is 24.9 Å². The largest absolute Gasteiger partial charge is 0.444 e. The summed E-state index contributed by atoms with van der Waals surface area (Å²) in [6, 6.07) is 14.7. The average molecular weight is 552 g/mol. The van der Waals surface area contributed by atoms with E-state index in [9.17, 15) is 19.2 Å². The normalized spacial score (nSPS) is 16.1. The van der Waals surface area contributed by atoms with Crippen molar-refractivity contribution in [2.75, 3.05) is 6.54 Å². The molecule has 0 bridgehead atoms. The van der Waals surface area contributed by atoms with Crippen LogP contribution in [0.2, 0.25) is 0 Å². The third kappa shape index (κ3) is 9.11. The lowest BCUT2D eigenvalue weighted by molar-refractivity contribution is -0.139. The van der Waals surface area contributed by atoms with Gasteiger partial charge in [-0.1, -0.05) is 54.6 Å². The van der Waals surface area contributed by atoms with Gasteiger partial charge in [-0.2, -0.15) is 4.99 Å². The van der Waals surface area contributed by atoms with Gasteiger partial charge in [-0.05, 0) is 51.7 Å². The molecule has 1 aliphatic rings. The summed E-state index contributed by atoms with van der Waals surface area (Å²) in [6.45, 7) is 7.54. The minimum Gasteiger partial charge on any atom is -0.444 e. The highest BCUT2D eigenvalue weighted by Gasteiger charge is 2.36. The summed E-state index contributed by atoms with van der Waals surface area (Å²) in [5.74, 6) is -0.602. The van der Waals surface area contributed by atoms with Gasteiger partial charge in [0.05, 0.1) is 0 Å². The van der Waals surface area contributed by atoms with Crippen LogP contribution in [0.1, 0.15) is 57.2 Å². The van der Waals surface area contributed by atoms with E-state index in [4.69, 9.17) is 15.2 Å². The predicted octanol–water partition coefficient (Wildman–Crippen LogP) is 3.25. The monoisotopic (exact) mass is 551 g/mol. The number of hydrogen-bond acceptors (Lipinski definition) is 6. The van der Waals surface area contributed by atoms with Crippen LogP contribution in [-0.2, 0) is 32.2 Å². The number of aliphatic imine (C=N–C) groups is 1. The highest BCUT2D eigenvalue weighted by atomic mass is 16.6. The van der Waals surface area contributed by atoms with E-state index in [1.165, 1.54) is 4.90 Å². The van der Waals surface area contributed by atoms with Crippen LogP contribution >= 0.6 is 0 Å². The Hall–Kier alpha value is -4.41. The Morgan fingerprint density at radius 2 is 1.73 bits per heavy atom. The van der Waals surface area contributed by atoms with Crippen molar-refractivity contribution in [2.45, 2.75) is 71.4 Å². The molecule has 1 saturated heterocycles. The van der Waals surface area contributed by atoms with Crippen LogP contribution < -0.4 is 16.4 Å². The molecule has 1 fully saturated rings. The van der Waals surface area contributed by atoms with Gasteiger partial charge in [-0.3, -0.25) is 9.59 Å². The molecule has 1 heterocycles. The molecule has 2 aromatic carbocycles. The Morgan fingerprint density at radius 3 is 2.38 bits per heavy atom. The van der Waals surface area contributed by atoms with Gasteiger partial charge in [0, 0.05) is 18.7 Å². The molecule has 1 aliphatic heterocycles. The first-order valence-corrected chi connectivity index (χ1v) is 13.1. The van der Waals surface area contributed by atoms with Crippen LogP contribution in [0.25, 0.3) is 0 Å². The maximum Gasteiger partial charge on any atom is 0.435 e. The first-order valence-electron chi connectivity index (χ1n) is 13.1. The molecular weight excluding hydrogens is 514 g/mol. The molecule has 0 spiro atoms. The maximum atomic E-state index is 12.9. The molecular formula is C29H37N5O6. The SMILES string of the molecule is C[C@@H](NC(=O)OC(C)(C)C)C(=O)N1CCC[C@H]1C(=O)NCc1ccc(/C(N)=N/C(=O)OCc2ccccc2)cc1. The van der Waals surface area contributed by atoms with Crippen LogP contribution in [-0.4, -0.2) is 59.0 Å². The predicted molar refractivity (Wildman–Crippen MR) is 149 cm³/mol. The molecule has 4 amide bonds. The quantitative estimate of drug-likeness (QED) is 0.336. The molecule has 3 rings (SSSR count). The summed E-state index contributed by atoms with van der Waals surface area (Å²) < 4.78 is 10.3. The molecule has 11 nitrogen and oxygen atoms in total. The molecule has 4 N–H and O–H groups in total. The van der Waals surface area contributed by atoms with E-state index >= 15 is 0 Å². The lowest BCUT2D eigenvalue weighted by Gasteiger charge is -2.28. The zero-order chi connectivity index (χ0) is 29.3. The Kier molecular flexibility index (Phi) is 10.2. The lowest BCUT2D eigenvalue weighted by atomic mass is 10.1. The second-order valence-electron chi connectivity index (χ2n) is 10.5. The maximum absolute atomic E-state index is 12.9. The Morgan fingerprint density at radius 1 is 1.05 bits per heavy atom. The van der Waals surface area contributed by atoms with Crippen molar-refractivity contribution in [2.24, 2.45) is 10.7 Å². The topological polar surface area (TPSA) is 152 Å². The minimum absolute atomic E-state index is 0.0165. The Bertz CT molecular complexity index is 1220. The molecule has 11 heteroatoms. The van der Waals surface area contributed by atoms with Gasteiger partial charge in [0.2, 0.25) is 11.8 Å². The Balaban J connectivity index is 1.49. The fourth-order valence-corrected chi connectivity index (χ4v) is 4.11. The number of ether oxygens (including phenoxy) is 2.